The van der Waals surface area contributed by atoms with Gasteiger partial charge in [-0.1, -0.05) is 22.0 Å². The number of rotatable bonds is 2. The van der Waals surface area contributed by atoms with Gasteiger partial charge in [-0.3, -0.25) is 4.79 Å². The van der Waals surface area contributed by atoms with Gasteiger partial charge in [0, 0.05) is 17.5 Å². The second-order valence-electron chi connectivity index (χ2n) is 4.46. The van der Waals surface area contributed by atoms with Crippen molar-refractivity contribution in [2.45, 2.75) is 23.1 Å². The molecule has 1 aliphatic rings. The number of benzene rings is 1. The zero-order chi connectivity index (χ0) is 13.5. The van der Waals surface area contributed by atoms with Crippen LogP contribution in [-0.4, -0.2) is 34.3 Å². The molecule has 5 heteroatoms. The van der Waals surface area contributed by atoms with Gasteiger partial charge >= 0.3 is 0 Å². The zero-order valence-electron chi connectivity index (χ0n) is 10.8. The summed E-state index contributed by atoms with van der Waals surface area (Å²) in [5, 5.41) is 5.73. The normalized spacial score (nSPS) is 23.5. The van der Waals surface area contributed by atoms with E-state index in [0.717, 1.165) is 11.3 Å². The second-order valence-corrected chi connectivity index (χ2v) is 6.90. The molecule has 1 aromatic carbocycles. The van der Waals surface area contributed by atoms with E-state index in [9.17, 15) is 4.79 Å². The Morgan fingerprint density at radius 3 is 2.56 bits per heavy atom. The van der Waals surface area contributed by atoms with Crippen molar-refractivity contribution in [1.82, 2.24) is 5.01 Å². The first-order valence-electron chi connectivity index (χ1n) is 5.59. The lowest BCUT2D eigenvalue weighted by Crippen LogP contribution is -2.37. The SMILES string of the molecule is CSc1ccc(C2=NN(C)C(=O)C2(C)Br)cc1C. The third-order valence-electron chi connectivity index (χ3n) is 3.06. The monoisotopic (exact) mass is 326 g/mol. The molecule has 0 aromatic heterocycles. The Bertz CT molecular complexity index is 540. The topological polar surface area (TPSA) is 32.7 Å². The molecule has 18 heavy (non-hydrogen) atoms. The van der Waals surface area contributed by atoms with Gasteiger partial charge in [0.25, 0.3) is 5.91 Å². The smallest absolute Gasteiger partial charge is 0.265 e. The molecule has 1 heterocycles. The molecule has 2 rings (SSSR count). The van der Waals surface area contributed by atoms with Crippen LogP contribution < -0.4 is 0 Å². The van der Waals surface area contributed by atoms with Crippen LogP contribution in [0.25, 0.3) is 0 Å². The maximum atomic E-state index is 12.0. The molecule has 0 saturated heterocycles. The molecular weight excluding hydrogens is 312 g/mol. The van der Waals surface area contributed by atoms with Crippen molar-refractivity contribution in [3.05, 3.63) is 29.3 Å². The maximum Gasteiger partial charge on any atom is 0.265 e. The Morgan fingerprint density at radius 2 is 2.11 bits per heavy atom. The van der Waals surface area contributed by atoms with E-state index in [1.54, 1.807) is 18.8 Å². The number of hydrogen-bond donors (Lipinski definition) is 0. The first-order valence-corrected chi connectivity index (χ1v) is 7.61. The number of aryl methyl sites for hydroxylation is 1. The van der Waals surface area contributed by atoms with Crippen molar-refractivity contribution in [3.8, 4) is 0 Å². The summed E-state index contributed by atoms with van der Waals surface area (Å²) in [5.74, 6) is -0.0379. The van der Waals surface area contributed by atoms with E-state index in [1.165, 1.54) is 15.5 Å². The summed E-state index contributed by atoms with van der Waals surface area (Å²) in [7, 11) is 1.68. The van der Waals surface area contributed by atoms with Gasteiger partial charge in [-0.25, -0.2) is 5.01 Å². The minimum absolute atomic E-state index is 0.0379. The molecule has 0 fully saturated rings. The molecule has 0 radical (unpaired) electrons. The Balaban J connectivity index is 2.47. The molecular formula is C13H15BrN2OS. The molecule has 0 bridgehead atoms. The first kappa shape index (κ1) is 13.6. The number of carbonyl (C=O) groups is 1. The van der Waals surface area contributed by atoms with Gasteiger partial charge in [-0.05, 0) is 37.8 Å². The van der Waals surface area contributed by atoms with E-state index in [4.69, 9.17) is 0 Å². The van der Waals surface area contributed by atoms with Crippen molar-refractivity contribution < 1.29 is 4.79 Å². The van der Waals surface area contributed by atoms with Crippen molar-refractivity contribution in [1.29, 1.82) is 0 Å². The van der Waals surface area contributed by atoms with E-state index < -0.39 is 4.32 Å². The summed E-state index contributed by atoms with van der Waals surface area (Å²) in [6.07, 6.45) is 2.06. The van der Waals surface area contributed by atoms with Gasteiger partial charge in [0.2, 0.25) is 0 Å². The Kier molecular flexibility index (Phi) is 3.56. The summed E-state index contributed by atoms with van der Waals surface area (Å²) in [4.78, 5) is 13.2. The van der Waals surface area contributed by atoms with Crippen molar-refractivity contribution in [2.75, 3.05) is 13.3 Å². The van der Waals surface area contributed by atoms with Crippen LogP contribution in [0.4, 0.5) is 0 Å². The number of thioether (sulfide) groups is 1. The van der Waals surface area contributed by atoms with Crippen molar-refractivity contribution in [2.24, 2.45) is 5.10 Å². The molecule has 0 N–H and O–H groups in total. The largest absolute Gasteiger partial charge is 0.271 e. The number of hydrazone groups is 1. The lowest BCUT2D eigenvalue weighted by atomic mass is 9.97. The summed E-state index contributed by atoms with van der Waals surface area (Å²) < 4.78 is -0.727. The number of carbonyl (C=O) groups excluding carboxylic acids is 1. The number of alkyl halides is 1. The van der Waals surface area contributed by atoms with Crippen LogP contribution in [0.1, 0.15) is 18.1 Å². The third-order valence-corrected chi connectivity index (χ3v) is 4.67. The minimum Gasteiger partial charge on any atom is -0.271 e. The van der Waals surface area contributed by atoms with E-state index in [2.05, 4.69) is 46.3 Å². The molecule has 1 aliphatic heterocycles. The zero-order valence-corrected chi connectivity index (χ0v) is 13.2. The average molecular weight is 327 g/mol. The molecule has 1 unspecified atom stereocenters. The summed E-state index contributed by atoms with van der Waals surface area (Å²) >= 11 is 5.20. The highest BCUT2D eigenvalue weighted by Crippen LogP contribution is 2.32. The summed E-state index contributed by atoms with van der Waals surface area (Å²) in [6.45, 7) is 3.91. The highest BCUT2D eigenvalue weighted by Gasteiger charge is 2.44. The second kappa shape index (κ2) is 4.70. The van der Waals surface area contributed by atoms with Crippen molar-refractivity contribution >= 4 is 39.3 Å². The number of hydrogen-bond acceptors (Lipinski definition) is 3. The lowest BCUT2D eigenvalue weighted by molar-refractivity contribution is -0.128. The summed E-state index contributed by atoms with van der Waals surface area (Å²) in [6, 6.07) is 6.17. The predicted molar refractivity (Wildman–Crippen MR) is 79.6 cm³/mol. The van der Waals surface area contributed by atoms with Crippen LogP contribution in [0.2, 0.25) is 0 Å². The molecule has 96 valence electrons. The van der Waals surface area contributed by atoms with Crippen LogP contribution in [-0.2, 0) is 4.79 Å². The van der Waals surface area contributed by atoms with Crippen LogP contribution in [0.15, 0.2) is 28.2 Å². The van der Waals surface area contributed by atoms with Gasteiger partial charge in [0.05, 0.1) is 5.71 Å². The molecule has 0 aliphatic carbocycles. The van der Waals surface area contributed by atoms with Crippen LogP contribution in [0, 0.1) is 6.92 Å². The first-order chi connectivity index (χ1) is 8.37. The molecule has 0 spiro atoms. The fraction of sp³-hybridized carbons (Fsp3) is 0.385. The van der Waals surface area contributed by atoms with Gasteiger partial charge in [-0.15, -0.1) is 11.8 Å². The fourth-order valence-corrected chi connectivity index (χ4v) is 3.20. The number of nitrogens with zero attached hydrogens (tertiary/aromatic N) is 2. The standard InChI is InChI=1S/C13H15BrN2OS/c1-8-7-9(5-6-10(8)18-4)11-13(2,14)12(17)16(3)15-11/h5-7H,1-4H3. The van der Waals surface area contributed by atoms with Crippen LogP contribution in [0.3, 0.4) is 0 Å². The van der Waals surface area contributed by atoms with Crippen molar-refractivity contribution in [3.63, 3.8) is 0 Å². The van der Waals surface area contributed by atoms with E-state index in [0.29, 0.717) is 0 Å². The van der Waals surface area contributed by atoms with Gasteiger partial charge in [-0.2, -0.15) is 5.10 Å². The van der Waals surface area contributed by atoms with E-state index in [1.807, 2.05) is 13.0 Å². The molecule has 1 aromatic rings. The van der Waals surface area contributed by atoms with Crippen LogP contribution >= 0.6 is 27.7 Å². The minimum atomic E-state index is -0.727. The third kappa shape index (κ3) is 2.10. The predicted octanol–water partition coefficient (Wildman–Crippen LogP) is 3.05. The van der Waals surface area contributed by atoms with Gasteiger partial charge in [0.15, 0.2) is 0 Å². The maximum absolute atomic E-state index is 12.0. The molecule has 3 nitrogen and oxygen atoms in total. The lowest BCUT2D eigenvalue weighted by Gasteiger charge is -2.16. The molecule has 0 saturated carbocycles. The Hall–Kier alpha value is -0.810. The summed E-state index contributed by atoms with van der Waals surface area (Å²) in [5.41, 5.74) is 2.96. The number of halogens is 1. The quantitative estimate of drug-likeness (QED) is 0.618. The van der Waals surface area contributed by atoms with E-state index >= 15 is 0 Å². The molecule has 1 atom stereocenters. The van der Waals surface area contributed by atoms with Gasteiger partial charge in [0.1, 0.15) is 4.32 Å². The van der Waals surface area contributed by atoms with Crippen LogP contribution in [0.5, 0.6) is 0 Å². The Labute approximate surface area is 120 Å². The highest BCUT2D eigenvalue weighted by molar-refractivity contribution is 9.10. The molecule has 1 amide bonds. The Morgan fingerprint density at radius 1 is 1.44 bits per heavy atom. The fourth-order valence-electron chi connectivity index (χ4n) is 2.05. The van der Waals surface area contributed by atoms with E-state index in [-0.39, 0.29) is 5.91 Å². The highest BCUT2D eigenvalue weighted by atomic mass is 79.9. The number of amides is 1. The average Bonchev–Trinajstić information content (AvgIpc) is 2.53. The van der Waals surface area contributed by atoms with Gasteiger partial charge < -0.3 is 0 Å².